The molecule has 3 amide bonds. The minimum atomic E-state index is -1.26. The van der Waals surface area contributed by atoms with Gasteiger partial charge in [-0.2, -0.15) is 0 Å². The van der Waals surface area contributed by atoms with Crippen molar-refractivity contribution in [1.29, 1.82) is 0 Å². The molecule has 1 aliphatic carbocycles. The van der Waals surface area contributed by atoms with Gasteiger partial charge in [-0.25, -0.2) is 9.59 Å². The van der Waals surface area contributed by atoms with Gasteiger partial charge in [-0.15, -0.1) is 0 Å². The van der Waals surface area contributed by atoms with Crippen LogP contribution in [0.25, 0.3) is 0 Å². The summed E-state index contributed by atoms with van der Waals surface area (Å²) >= 11 is 5.88. The topological polar surface area (TPSA) is 131 Å². The van der Waals surface area contributed by atoms with Crippen molar-refractivity contribution < 1.29 is 24.2 Å². The van der Waals surface area contributed by atoms with Gasteiger partial charge in [0.05, 0.1) is 17.1 Å². The first kappa shape index (κ1) is 16.9. The molecule has 1 atom stereocenters. The van der Waals surface area contributed by atoms with Gasteiger partial charge in [0, 0.05) is 6.04 Å². The summed E-state index contributed by atoms with van der Waals surface area (Å²) < 4.78 is 5.24. The maximum absolute atomic E-state index is 11.8. The first-order chi connectivity index (χ1) is 10.9. The molecule has 0 bridgehead atoms. The van der Waals surface area contributed by atoms with Crippen molar-refractivity contribution in [1.82, 2.24) is 10.6 Å². The Morgan fingerprint density at radius 1 is 1.39 bits per heavy atom. The molecule has 1 aromatic carbocycles. The molecule has 0 unspecified atom stereocenters. The number of nitrogens with one attached hydrogen (secondary N) is 2. The standard InChI is InChI=1S/C14H16ClN3O5/c15-10-4-1-7(5-9(10)12(16)19)11(6-17-13(20)21)23-14(22)18-8-2-3-8/h1,4-5,8,11,17H,2-3,6H2,(H2,16,19)(H,18,22)(H,20,21)/t11-/m0/s1. The number of carboxylic acid groups (broad SMARTS) is 1. The molecule has 0 heterocycles. The van der Waals surface area contributed by atoms with Gasteiger partial charge >= 0.3 is 12.2 Å². The van der Waals surface area contributed by atoms with Crippen molar-refractivity contribution in [3.05, 3.63) is 34.3 Å². The van der Waals surface area contributed by atoms with Crippen molar-refractivity contribution >= 4 is 29.7 Å². The predicted molar refractivity (Wildman–Crippen MR) is 81.4 cm³/mol. The third-order valence-corrected chi connectivity index (χ3v) is 3.54. The highest BCUT2D eigenvalue weighted by Crippen LogP contribution is 2.24. The minimum absolute atomic E-state index is 0.0655. The average molecular weight is 342 g/mol. The van der Waals surface area contributed by atoms with Crippen LogP contribution >= 0.6 is 11.6 Å². The lowest BCUT2D eigenvalue weighted by Gasteiger charge is -2.19. The molecule has 1 aliphatic rings. The largest absolute Gasteiger partial charge is 0.465 e. The predicted octanol–water partition coefficient (Wildman–Crippen LogP) is 1.64. The number of alkyl carbamates (subject to hydrolysis) is 1. The lowest BCUT2D eigenvalue weighted by molar-refractivity contribution is 0.0947. The lowest BCUT2D eigenvalue weighted by atomic mass is 10.1. The number of amides is 3. The molecule has 5 N–H and O–H groups in total. The van der Waals surface area contributed by atoms with Crippen LogP contribution in [0.15, 0.2) is 18.2 Å². The van der Waals surface area contributed by atoms with Crippen LogP contribution in [-0.4, -0.2) is 35.8 Å². The number of benzene rings is 1. The highest BCUT2D eigenvalue weighted by molar-refractivity contribution is 6.33. The summed E-state index contributed by atoms with van der Waals surface area (Å²) in [4.78, 5) is 33.8. The zero-order valence-electron chi connectivity index (χ0n) is 12.0. The van der Waals surface area contributed by atoms with Gasteiger partial charge < -0.3 is 26.2 Å². The highest BCUT2D eigenvalue weighted by atomic mass is 35.5. The van der Waals surface area contributed by atoms with Gasteiger partial charge in [0.25, 0.3) is 0 Å². The summed E-state index contributed by atoms with van der Waals surface area (Å²) in [5, 5.41) is 13.7. The van der Waals surface area contributed by atoms with E-state index in [9.17, 15) is 14.4 Å². The van der Waals surface area contributed by atoms with Crippen LogP contribution in [0.5, 0.6) is 0 Å². The van der Waals surface area contributed by atoms with E-state index in [0.29, 0.717) is 5.56 Å². The number of carbonyl (C=O) groups is 3. The molecule has 124 valence electrons. The van der Waals surface area contributed by atoms with Gasteiger partial charge in [0.15, 0.2) is 0 Å². The molecule has 1 aromatic rings. The zero-order chi connectivity index (χ0) is 17.0. The van der Waals surface area contributed by atoms with E-state index >= 15 is 0 Å². The maximum atomic E-state index is 11.8. The Morgan fingerprint density at radius 3 is 2.65 bits per heavy atom. The summed E-state index contributed by atoms with van der Waals surface area (Å²) in [5.41, 5.74) is 5.70. The first-order valence-electron chi connectivity index (χ1n) is 6.90. The molecule has 1 saturated carbocycles. The Kier molecular flexibility index (Phi) is 5.28. The summed E-state index contributed by atoms with van der Waals surface area (Å²) in [6.07, 6.45) is -1.05. The number of rotatable bonds is 6. The van der Waals surface area contributed by atoms with Crippen LogP contribution in [0, 0.1) is 0 Å². The molecule has 8 nitrogen and oxygen atoms in total. The van der Waals surface area contributed by atoms with E-state index in [1.807, 2.05) is 0 Å². The molecule has 23 heavy (non-hydrogen) atoms. The highest BCUT2D eigenvalue weighted by Gasteiger charge is 2.26. The molecule has 0 spiro atoms. The molecule has 0 radical (unpaired) electrons. The maximum Gasteiger partial charge on any atom is 0.408 e. The molecule has 2 rings (SSSR count). The van der Waals surface area contributed by atoms with Gasteiger partial charge in [-0.3, -0.25) is 4.79 Å². The normalized spacial score (nSPS) is 14.7. The number of hydrogen-bond acceptors (Lipinski definition) is 4. The monoisotopic (exact) mass is 341 g/mol. The van der Waals surface area contributed by atoms with Crippen LogP contribution in [0.4, 0.5) is 9.59 Å². The quantitative estimate of drug-likeness (QED) is 0.624. The van der Waals surface area contributed by atoms with Gasteiger partial charge in [0.2, 0.25) is 5.91 Å². The van der Waals surface area contributed by atoms with E-state index in [0.717, 1.165) is 12.8 Å². The van der Waals surface area contributed by atoms with Crippen LogP contribution in [0.1, 0.15) is 34.9 Å². The number of carbonyl (C=O) groups excluding carboxylic acids is 2. The van der Waals surface area contributed by atoms with Crippen LogP contribution in [0.2, 0.25) is 5.02 Å². The number of nitrogens with two attached hydrogens (primary N) is 1. The van der Waals surface area contributed by atoms with Gasteiger partial charge in [-0.05, 0) is 30.5 Å². The van der Waals surface area contributed by atoms with E-state index in [4.69, 9.17) is 27.2 Å². The molecule has 9 heteroatoms. The van der Waals surface area contributed by atoms with Crippen molar-refractivity contribution in [2.24, 2.45) is 5.73 Å². The molecular weight excluding hydrogens is 326 g/mol. The number of halogens is 1. The second-order valence-electron chi connectivity index (χ2n) is 5.10. The van der Waals surface area contributed by atoms with Crippen LogP contribution < -0.4 is 16.4 Å². The van der Waals surface area contributed by atoms with Crippen molar-refractivity contribution in [2.45, 2.75) is 25.0 Å². The molecule has 0 aliphatic heterocycles. The van der Waals surface area contributed by atoms with Crippen molar-refractivity contribution in [3.8, 4) is 0 Å². The van der Waals surface area contributed by atoms with E-state index in [-0.39, 0.29) is 23.2 Å². The number of ether oxygens (including phenoxy) is 1. The Bertz CT molecular complexity index is 633. The van der Waals surface area contributed by atoms with E-state index in [1.165, 1.54) is 18.2 Å². The fourth-order valence-corrected chi connectivity index (χ4v) is 2.11. The zero-order valence-corrected chi connectivity index (χ0v) is 12.8. The summed E-state index contributed by atoms with van der Waals surface area (Å²) in [7, 11) is 0. The Morgan fingerprint density at radius 2 is 2.09 bits per heavy atom. The van der Waals surface area contributed by atoms with E-state index in [2.05, 4.69) is 10.6 Å². The van der Waals surface area contributed by atoms with Gasteiger partial charge in [0.1, 0.15) is 6.10 Å². The second-order valence-corrected chi connectivity index (χ2v) is 5.51. The van der Waals surface area contributed by atoms with E-state index in [1.54, 1.807) is 0 Å². The molecular formula is C14H16ClN3O5. The fraction of sp³-hybridized carbons (Fsp3) is 0.357. The number of hydrogen-bond donors (Lipinski definition) is 4. The third-order valence-electron chi connectivity index (χ3n) is 3.21. The summed E-state index contributed by atoms with van der Waals surface area (Å²) in [5.74, 6) is -0.732. The van der Waals surface area contributed by atoms with E-state index < -0.39 is 24.2 Å². The summed E-state index contributed by atoms with van der Waals surface area (Å²) in [6.45, 7) is -0.173. The molecule has 0 saturated heterocycles. The number of primary amides is 1. The summed E-state index contributed by atoms with van der Waals surface area (Å²) in [6, 6.07) is 4.45. The first-order valence-corrected chi connectivity index (χ1v) is 7.28. The molecule has 0 aromatic heterocycles. The SMILES string of the molecule is NC(=O)c1cc([C@H](CNC(=O)O)OC(=O)NC2CC2)ccc1Cl. The average Bonchev–Trinajstić information content (AvgIpc) is 3.27. The lowest BCUT2D eigenvalue weighted by Crippen LogP contribution is -2.33. The van der Waals surface area contributed by atoms with Crippen LogP contribution in [0.3, 0.4) is 0 Å². The van der Waals surface area contributed by atoms with Crippen LogP contribution in [-0.2, 0) is 4.74 Å². The van der Waals surface area contributed by atoms with Gasteiger partial charge in [-0.1, -0.05) is 17.7 Å². The third kappa shape index (κ3) is 5.03. The second kappa shape index (κ2) is 7.19. The smallest absolute Gasteiger partial charge is 0.408 e. The Hall–Kier alpha value is -2.48. The minimum Gasteiger partial charge on any atom is -0.465 e. The van der Waals surface area contributed by atoms with Crippen molar-refractivity contribution in [2.75, 3.05) is 6.54 Å². The fourth-order valence-electron chi connectivity index (χ4n) is 1.90. The molecule has 1 fully saturated rings. The Labute approximate surface area is 136 Å². The Balaban J connectivity index is 2.17. The van der Waals surface area contributed by atoms with Crippen molar-refractivity contribution in [3.63, 3.8) is 0 Å².